The van der Waals surface area contributed by atoms with Crippen molar-refractivity contribution in [3.63, 3.8) is 0 Å². The molecule has 1 aromatic heterocycles. The van der Waals surface area contributed by atoms with Crippen LogP contribution < -0.4 is 10.9 Å². The number of nitrogens with one attached hydrogen (secondary N) is 2. The fourth-order valence-electron chi connectivity index (χ4n) is 4.58. The van der Waals surface area contributed by atoms with E-state index in [1.807, 2.05) is 13.8 Å². The summed E-state index contributed by atoms with van der Waals surface area (Å²) in [4.78, 5) is 28.4. The molecule has 0 unspecified atom stereocenters. The summed E-state index contributed by atoms with van der Waals surface area (Å²) in [6, 6.07) is 6.02. The van der Waals surface area contributed by atoms with Crippen LogP contribution in [0.3, 0.4) is 0 Å². The van der Waals surface area contributed by atoms with E-state index in [0.29, 0.717) is 17.0 Å². The van der Waals surface area contributed by atoms with Crippen molar-refractivity contribution in [2.45, 2.75) is 71.5 Å². The lowest BCUT2D eigenvalue weighted by Gasteiger charge is -2.45. The molecule has 2 aromatic rings. The standard InChI is InChI=1S/C21H29N5O3/c1-13(22-15-11-20(3,4)24-21(5,6)12-15)18-14(2)23-25(19(18)27)16-7-9-17(10-8-16)26(28)29/h7-10,15,23-24H,11-12H2,1-6H3. The molecule has 0 bridgehead atoms. The van der Waals surface area contributed by atoms with Crippen LogP contribution in [-0.2, 0) is 0 Å². The van der Waals surface area contributed by atoms with Crippen molar-refractivity contribution in [3.05, 3.63) is 56.0 Å². The van der Waals surface area contributed by atoms with Gasteiger partial charge in [-0.1, -0.05) is 0 Å². The van der Waals surface area contributed by atoms with Crippen LogP contribution >= 0.6 is 0 Å². The van der Waals surface area contributed by atoms with Crippen molar-refractivity contribution in [2.75, 3.05) is 0 Å². The molecular weight excluding hydrogens is 370 g/mol. The van der Waals surface area contributed by atoms with E-state index >= 15 is 0 Å². The van der Waals surface area contributed by atoms with Crippen molar-refractivity contribution in [1.29, 1.82) is 0 Å². The van der Waals surface area contributed by atoms with Gasteiger partial charge in [0.2, 0.25) is 0 Å². The number of piperidine rings is 1. The summed E-state index contributed by atoms with van der Waals surface area (Å²) < 4.78 is 1.41. The van der Waals surface area contributed by atoms with E-state index in [0.717, 1.165) is 18.5 Å². The lowest BCUT2D eigenvalue weighted by Crippen LogP contribution is -2.58. The highest BCUT2D eigenvalue weighted by atomic mass is 16.6. The molecule has 1 aliphatic heterocycles. The number of nitrogens with zero attached hydrogens (tertiary/aromatic N) is 3. The molecule has 0 amide bonds. The van der Waals surface area contributed by atoms with Crippen LogP contribution in [0.4, 0.5) is 5.69 Å². The lowest BCUT2D eigenvalue weighted by atomic mass is 9.80. The monoisotopic (exact) mass is 399 g/mol. The first-order valence-corrected chi connectivity index (χ1v) is 9.79. The van der Waals surface area contributed by atoms with E-state index in [1.54, 1.807) is 12.1 Å². The number of aromatic nitrogens is 2. The average Bonchev–Trinajstić information content (AvgIpc) is 2.86. The number of aromatic amines is 1. The molecule has 8 heteroatoms. The Bertz CT molecular complexity index is 996. The molecule has 1 aromatic carbocycles. The highest BCUT2D eigenvalue weighted by molar-refractivity contribution is 5.99. The molecule has 156 valence electrons. The van der Waals surface area contributed by atoms with Gasteiger partial charge in [0.1, 0.15) is 0 Å². The summed E-state index contributed by atoms with van der Waals surface area (Å²) in [5, 5.41) is 17.6. The average molecular weight is 399 g/mol. The molecular formula is C21H29N5O3. The number of aliphatic imine (C=N–C) groups is 1. The number of non-ortho nitro benzene ring substituents is 1. The minimum Gasteiger partial charge on any atom is -0.307 e. The molecule has 1 saturated heterocycles. The zero-order chi connectivity index (χ0) is 21.6. The summed E-state index contributed by atoms with van der Waals surface area (Å²) in [7, 11) is 0. The summed E-state index contributed by atoms with van der Waals surface area (Å²) in [5.41, 5.74) is 2.27. The Morgan fingerprint density at radius 2 is 1.72 bits per heavy atom. The molecule has 0 atom stereocenters. The summed E-state index contributed by atoms with van der Waals surface area (Å²) in [6.07, 6.45) is 1.79. The van der Waals surface area contributed by atoms with Gasteiger partial charge in [-0.05, 0) is 66.5 Å². The third kappa shape index (κ3) is 4.48. The smallest absolute Gasteiger partial charge is 0.280 e. The fraction of sp³-hybridized carbons (Fsp3) is 0.524. The van der Waals surface area contributed by atoms with Crippen molar-refractivity contribution >= 4 is 11.4 Å². The Kier molecular flexibility index (Phi) is 5.25. The van der Waals surface area contributed by atoms with Gasteiger partial charge < -0.3 is 5.32 Å². The summed E-state index contributed by atoms with van der Waals surface area (Å²) in [5.74, 6) is 0. The van der Waals surface area contributed by atoms with Crippen LogP contribution in [0, 0.1) is 17.0 Å². The number of rotatable bonds is 4. The normalized spacial score (nSPS) is 19.3. The third-order valence-corrected chi connectivity index (χ3v) is 5.30. The molecule has 0 spiro atoms. The van der Waals surface area contributed by atoms with E-state index < -0.39 is 4.92 Å². The van der Waals surface area contributed by atoms with Crippen molar-refractivity contribution < 1.29 is 4.92 Å². The number of nitro groups is 1. The second-order valence-electron chi connectivity index (χ2n) is 9.20. The van der Waals surface area contributed by atoms with Gasteiger partial charge in [-0.25, -0.2) is 4.68 Å². The van der Waals surface area contributed by atoms with Crippen LogP contribution in [0.2, 0.25) is 0 Å². The maximum Gasteiger partial charge on any atom is 0.280 e. The predicted molar refractivity (Wildman–Crippen MR) is 114 cm³/mol. The second-order valence-corrected chi connectivity index (χ2v) is 9.20. The molecule has 1 fully saturated rings. The molecule has 2 heterocycles. The molecule has 0 saturated carbocycles. The highest BCUT2D eigenvalue weighted by Crippen LogP contribution is 2.30. The zero-order valence-corrected chi connectivity index (χ0v) is 17.9. The van der Waals surface area contributed by atoms with Crippen molar-refractivity contribution in [2.24, 2.45) is 4.99 Å². The minimum absolute atomic E-state index is 0.0146. The van der Waals surface area contributed by atoms with Gasteiger partial charge in [0, 0.05) is 34.6 Å². The van der Waals surface area contributed by atoms with Gasteiger partial charge in [-0.15, -0.1) is 0 Å². The molecule has 1 aliphatic rings. The van der Waals surface area contributed by atoms with Gasteiger partial charge in [-0.3, -0.25) is 25.0 Å². The number of nitro benzene ring substituents is 1. The topological polar surface area (TPSA) is 105 Å². The first-order valence-electron chi connectivity index (χ1n) is 9.79. The Labute approximate surface area is 170 Å². The number of H-pyrrole nitrogens is 1. The molecule has 2 N–H and O–H groups in total. The summed E-state index contributed by atoms with van der Waals surface area (Å²) in [6.45, 7) is 12.4. The van der Waals surface area contributed by atoms with Gasteiger partial charge in [0.15, 0.2) is 0 Å². The van der Waals surface area contributed by atoms with E-state index in [2.05, 4.69) is 38.1 Å². The van der Waals surface area contributed by atoms with Gasteiger partial charge in [0.05, 0.1) is 22.2 Å². The molecule has 3 rings (SSSR count). The number of benzene rings is 1. The maximum atomic E-state index is 13.1. The Balaban J connectivity index is 1.94. The van der Waals surface area contributed by atoms with E-state index in [9.17, 15) is 14.9 Å². The number of hydrogen-bond donors (Lipinski definition) is 2. The van der Waals surface area contributed by atoms with Crippen molar-refractivity contribution in [3.8, 4) is 5.69 Å². The Hall–Kier alpha value is -2.74. The largest absolute Gasteiger partial charge is 0.307 e. The van der Waals surface area contributed by atoms with E-state index in [1.165, 1.54) is 16.8 Å². The van der Waals surface area contributed by atoms with Crippen molar-refractivity contribution in [1.82, 2.24) is 15.1 Å². The predicted octanol–water partition coefficient (Wildman–Crippen LogP) is 3.50. The Morgan fingerprint density at radius 3 is 2.24 bits per heavy atom. The second kappa shape index (κ2) is 7.26. The van der Waals surface area contributed by atoms with Gasteiger partial charge in [-0.2, -0.15) is 0 Å². The quantitative estimate of drug-likeness (QED) is 0.466. The highest BCUT2D eigenvalue weighted by Gasteiger charge is 2.37. The zero-order valence-electron chi connectivity index (χ0n) is 17.9. The van der Waals surface area contributed by atoms with Crippen LogP contribution in [0.1, 0.15) is 58.7 Å². The molecule has 8 nitrogen and oxygen atoms in total. The maximum absolute atomic E-state index is 13.1. The lowest BCUT2D eigenvalue weighted by molar-refractivity contribution is -0.384. The molecule has 0 aliphatic carbocycles. The first kappa shape index (κ1) is 21.0. The van der Waals surface area contributed by atoms with Crippen LogP contribution in [0.25, 0.3) is 5.69 Å². The molecule has 0 radical (unpaired) electrons. The number of aryl methyl sites for hydroxylation is 1. The van der Waals surface area contributed by atoms with Crippen LogP contribution in [0.5, 0.6) is 0 Å². The van der Waals surface area contributed by atoms with Crippen LogP contribution in [0.15, 0.2) is 34.1 Å². The van der Waals surface area contributed by atoms with E-state index in [4.69, 9.17) is 4.99 Å². The fourth-order valence-corrected chi connectivity index (χ4v) is 4.58. The van der Waals surface area contributed by atoms with Gasteiger partial charge in [0.25, 0.3) is 11.2 Å². The number of hydrogen-bond acceptors (Lipinski definition) is 5. The minimum atomic E-state index is -0.462. The molecule has 29 heavy (non-hydrogen) atoms. The van der Waals surface area contributed by atoms with Crippen LogP contribution in [-0.4, -0.2) is 37.5 Å². The Morgan fingerprint density at radius 1 is 1.17 bits per heavy atom. The third-order valence-electron chi connectivity index (χ3n) is 5.30. The summed E-state index contributed by atoms with van der Waals surface area (Å²) >= 11 is 0. The SMILES string of the molecule is CC(=NC1CC(C)(C)NC(C)(C)C1)c1c(C)[nH]n(-c2ccc([N+](=O)[O-])cc2)c1=O. The van der Waals surface area contributed by atoms with E-state index in [-0.39, 0.29) is 28.4 Å². The van der Waals surface area contributed by atoms with Gasteiger partial charge >= 0.3 is 0 Å². The first-order chi connectivity index (χ1) is 13.4.